The quantitative estimate of drug-likeness (QED) is 0.124. The third-order valence-corrected chi connectivity index (χ3v) is 9.28. The number of benzene rings is 5. The molecule has 0 radical (unpaired) electrons. The Morgan fingerprint density at radius 2 is 0.939 bits per heavy atom. The number of nitriles is 1. The van der Waals surface area contributed by atoms with Crippen LogP contribution in [0, 0.1) is 11.3 Å². The first-order chi connectivity index (χ1) is 23.1. The molecule has 7 rings (SSSR count). The molecular weight excluding hydrogens is 781 g/mol. The summed E-state index contributed by atoms with van der Waals surface area (Å²) in [6, 6.07) is 41.9. The van der Waals surface area contributed by atoms with Crippen LogP contribution in [0.3, 0.4) is 0 Å². The fourth-order valence-corrected chi connectivity index (χ4v) is 6.82. The van der Waals surface area contributed by atoms with E-state index in [-0.39, 0.29) is 22.4 Å². The molecule has 2 heterocycles. The van der Waals surface area contributed by atoms with Crippen molar-refractivity contribution in [3.63, 3.8) is 0 Å². The van der Waals surface area contributed by atoms with Gasteiger partial charge in [-0.1, -0.05) is 140 Å². The molecule has 0 saturated heterocycles. The van der Waals surface area contributed by atoms with Gasteiger partial charge in [-0.3, -0.25) is 0 Å². The number of rotatable bonds is 6. The molecular formula is C44H45AuN4+2. The van der Waals surface area contributed by atoms with Crippen molar-refractivity contribution in [2.24, 2.45) is 0 Å². The van der Waals surface area contributed by atoms with E-state index < -0.39 is 0 Å². The van der Waals surface area contributed by atoms with Crippen LogP contribution in [0.1, 0.15) is 107 Å². The maximum Gasteiger partial charge on any atom is 1.00 e. The van der Waals surface area contributed by atoms with Gasteiger partial charge in [-0.2, -0.15) is 5.26 Å². The second-order valence-corrected chi connectivity index (χ2v) is 13.9. The topological polar surface area (TPSA) is 43.9 Å². The van der Waals surface area contributed by atoms with E-state index in [1.54, 1.807) is 6.07 Å². The first-order valence-corrected chi connectivity index (χ1v) is 17.2. The Morgan fingerprint density at radius 1 is 0.531 bits per heavy atom. The summed E-state index contributed by atoms with van der Waals surface area (Å²) in [7, 11) is 0. The minimum atomic E-state index is 0. The van der Waals surface area contributed by atoms with Crippen molar-refractivity contribution in [1.29, 1.82) is 5.26 Å². The maximum atomic E-state index is 8.97. The minimum absolute atomic E-state index is 0. The van der Waals surface area contributed by atoms with Gasteiger partial charge in [0.2, 0.25) is 11.4 Å². The van der Waals surface area contributed by atoms with Crippen molar-refractivity contribution in [3.8, 4) is 6.07 Å². The summed E-state index contributed by atoms with van der Waals surface area (Å²) in [5, 5.41) is 11.1. The molecule has 0 saturated carbocycles. The van der Waals surface area contributed by atoms with Crippen molar-refractivity contribution >= 4 is 50.6 Å². The Labute approximate surface area is 307 Å². The van der Waals surface area contributed by atoms with Gasteiger partial charge in [0.25, 0.3) is 11.4 Å². The van der Waals surface area contributed by atoms with Gasteiger partial charge in [-0.05, 0) is 49.7 Å². The fourth-order valence-electron chi connectivity index (χ4n) is 6.82. The number of aromatic nitrogens is 1. The van der Waals surface area contributed by atoms with Crippen LogP contribution in [0.5, 0.6) is 0 Å². The van der Waals surface area contributed by atoms with Gasteiger partial charge in [-0.25, -0.2) is 0 Å². The predicted molar refractivity (Wildman–Crippen MR) is 203 cm³/mol. The first kappa shape index (κ1) is 35.8. The van der Waals surface area contributed by atoms with Crippen LogP contribution >= 0.6 is 0 Å². The monoisotopic (exact) mass is 826 g/mol. The van der Waals surface area contributed by atoms with E-state index in [0.29, 0.717) is 29.2 Å². The number of para-hydroxylation sites is 6. The molecule has 0 aliphatic carbocycles. The summed E-state index contributed by atoms with van der Waals surface area (Å²) in [5.74, 6) is 1.71. The number of hydrogen-bond acceptors (Lipinski definition) is 1. The predicted octanol–water partition coefficient (Wildman–Crippen LogP) is 11.9. The van der Waals surface area contributed by atoms with Crippen molar-refractivity contribution in [1.82, 2.24) is 14.1 Å². The first-order valence-electron chi connectivity index (χ1n) is 17.2. The summed E-state index contributed by atoms with van der Waals surface area (Å²) in [6.45, 7) is 18.3. The molecule has 0 unspecified atom stereocenters. The molecule has 0 atom stereocenters. The minimum Gasteiger partial charge on any atom is -0.656 e. The summed E-state index contributed by atoms with van der Waals surface area (Å²) in [5.41, 5.74) is 12.8. The van der Waals surface area contributed by atoms with Crippen molar-refractivity contribution in [2.75, 3.05) is 0 Å². The molecule has 0 bridgehead atoms. The zero-order chi connectivity index (χ0) is 34.1. The molecule has 0 fully saturated rings. The molecule has 1 aromatic heterocycles. The SMILES string of the molecule is CC(C)c1cccc(C(C)C)c1[N+]1=C=[N+](c2c(C(C)C)cccc2C(C)C)c2ccccc21.N#Cc1cccc2c1[n-]c1ccccc12.[Au+]. The second-order valence-electron chi connectivity index (χ2n) is 13.9. The van der Waals surface area contributed by atoms with Crippen LogP contribution in [0.4, 0.5) is 22.7 Å². The van der Waals surface area contributed by atoms with Gasteiger partial charge >= 0.3 is 28.4 Å². The molecule has 5 aromatic carbocycles. The van der Waals surface area contributed by atoms with E-state index in [9.17, 15) is 0 Å². The third kappa shape index (κ3) is 6.73. The van der Waals surface area contributed by atoms with Gasteiger partial charge in [-0.15, -0.1) is 11.0 Å². The molecule has 49 heavy (non-hydrogen) atoms. The van der Waals surface area contributed by atoms with E-state index in [2.05, 4.69) is 142 Å². The van der Waals surface area contributed by atoms with Crippen molar-refractivity contribution in [3.05, 3.63) is 131 Å². The van der Waals surface area contributed by atoms with E-state index in [0.717, 1.165) is 21.8 Å². The molecule has 1 aliphatic rings. The van der Waals surface area contributed by atoms with Crippen molar-refractivity contribution in [2.45, 2.75) is 79.1 Å². The third-order valence-electron chi connectivity index (χ3n) is 9.28. The molecule has 0 spiro atoms. The van der Waals surface area contributed by atoms with Crippen LogP contribution in [0.25, 0.3) is 21.8 Å². The maximum absolute atomic E-state index is 8.97. The number of hydrogen-bond donors (Lipinski definition) is 0. The van der Waals surface area contributed by atoms with Crippen LogP contribution in [0.2, 0.25) is 0 Å². The summed E-state index contributed by atoms with van der Waals surface area (Å²) >= 11 is 0. The van der Waals surface area contributed by atoms with Gasteiger partial charge in [0.15, 0.2) is 0 Å². The Hall–Kier alpha value is -4.49. The molecule has 1 aliphatic heterocycles. The Bertz CT molecular complexity index is 2110. The standard InChI is InChI=1S/C31H38N2.C13H7N2.Au/c1-20(2)24-13-11-14-25(21(3)4)30(24)32-19-33(29-18-10-9-17-28(29)32)31-26(22(5)6)15-12-16-27(31)23(7)8;14-8-9-4-3-6-11-10-5-1-2-7-12(10)15-13(9)11;/h9-18,20-23H,1-8H3;1-7H;/q+2;-1;+1. The molecule has 4 nitrogen and oxygen atoms in total. The summed E-state index contributed by atoms with van der Waals surface area (Å²) in [4.78, 5) is 4.46. The molecule has 6 aromatic rings. The molecule has 0 amide bonds. The second kappa shape index (κ2) is 15.0. The average molecular weight is 827 g/mol. The smallest absolute Gasteiger partial charge is 0.656 e. The Kier molecular flexibility index (Phi) is 10.9. The summed E-state index contributed by atoms with van der Waals surface area (Å²) < 4.78 is 4.64. The van der Waals surface area contributed by atoms with Gasteiger partial charge in [0.05, 0.1) is 6.07 Å². The molecule has 5 heteroatoms. The molecule has 250 valence electrons. The summed E-state index contributed by atoms with van der Waals surface area (Å²) in [6.07, 6.45) is 0. The Balaban J connectivity index is 0.000000243. The Morgan fingerprint density at radius 3 is 1.39 bits per heavy atom. The number of fused-ring (bicyclic) bond motifs is 4. The van der Waals surface area contributed by atoms with E-state index in [1.807, 2.05) is 36.4 Å². The van der Waals surface area contributed by atoms with E-state index in [4.69, 9.17) is 5.26 Å². The van der Waals surface area contributed by atoms with Crippen molar-refractivity contribution < 1.29 is 22.4 Å². The zero-order valence-electron chi connectivity index (χ0n) is 29.7. The normalized spacial score (nSPS) is 12.1. The van der Waals surface area contributed by atoms with Gasteiger partial charge in [0, 0.05) is 39.9 Å². The zero-order valence-corrected chi connectivity index (χ0v) is 31.9. The van der Waals surface area contributed by atoms with Crippen LogP contribution < -0.4 is 14.1 Å². The van der Waals surface area contributed by atoms with Gasteiger partial charge < -0.3 is 4.98 Å². The largest absolute Gasteiger partial charge is 1.00 e. The average Bonchev–Trinajstić information content (AvgIpc) is 3.66. The number of nitrogens with zero attached hydrogens (tertiary/aromatic N) is 4. The fraction of sp³-hybridized carbons (Fsp3) is 0.273. The van der Waals surface area contributed by atoms with Crippen LogP contribution in [0.15, 0.2) is 103 Å². The van der Waals surface area contributed by atoms with E-state index in [1.165, 1.54) is 45.0 Å². The van der Waals surface area contributed by atoms with Gasteiger partial charge in [0.1, 0.15) is 0 Å². The van der Waals surface area contributed by atoms with E-state index >= 15 is 0 Å². The van der Waals surface area contributed by atoms with Crippen LogP contribution in [-0.2, 0) is 22.4 Å². The van der Waals surface area contributed by atoms with Crippen LogP contribution in [-0.4, -0.2) is 6.01 Å². The molecule has 0 N–H and O–H groups in total.